The number of aromatic nitrogens is 1. The molecule has 4 heteroatoms. The van der Waals surface area contributed by atoms with Gasteiger partial charge in [-0.25, -0.2) is 0 Å². The van der Waals surface area contributed by atoms with Crippen molar-refractivity contribution in [3.05, 3.63) is 23.0 Å². The summed E-state index contributed by atoms with van der Waals surface area (Å²) in [4.78, 5) is 17.0. The maximum Gasteiger partial charge on any atom is 0.255 e. The van der Waals surface area contributed by atoms with Crippen molar-refractivity contribution in [3.8, 4) is 0 Å². The fraction of sp³-hybridized carbons (Fsp3) is 0.706. The van der Waals surface area contributed by atoms with Gasteiger partial charge in [0.25, 0.3) is 5.91 Å². The molecule has 0 bridgehead atoms. The molecule has 0 aliphatic carbocycles. The lowest BCUT2D eigenvalue weighted by Crippen LogP contribution is -2.32. The lowest BCUT2D eigenvalue weighted by Gasteiger charge is -2.20. The molecule has 1 amide bonds. The molecule has 118 valence electrons. The number of likely N-dealkylation sites (tertiary alicyclic amines) is 1. The second kappa shape index (κ2) is 7.12. The van der Waals surface area contributed by atoms with Gasteiger partial charge in [0.05, 0.1) is 5.56 Å². The van der Waals surface area contributed by atoms with E-state index in [1.807, 2.05) is 4.90 Å². The first-order valence-electron chi connectivity index (χ1n) is 8.11. The fourth-order valence-electron chi connectivity index (χ4n) is 3.11. The highest BCUT2D eigenvalue weighted by Gasteiger charge is 2.21. The van der Waals surface area contributed by atoms with Crippen LogP contribution in [0, 0.1) is 13.8 Å². The highest BCUT2D eigenvalue weighted by Crippen LogP contribution is 2.19. The normalized spacial score (nSPS) is 16.3. The Labute approximate surface area is 128 Å². The zero-order valence-electron chi connectivity index (χ0n) is 14.0. The van der Waals surface area contributed by atoms with Crippen molar-refractivity contribution in [2.45, 2.75) is 46.1 Å². The minimum absolute atomic E-state index is 0.223. The predicted octanol–water partition coefficient (Wildman–Crippen LogP) is 2.68. The third-order valence-electron chi connectivity index (χ3n) is 4.47. The van der Waals surface area contributed by atoms with Crippen molar-refractivity contribution in [2.24, 2.45) is 0 Å². The van der Waals surface area contributed by atoms with Gasteiger partial charge in [-0.2, -0.15) is 0 Å². The maximum atomic E-state index is 12.8. The van der Waals surface area contributed by atoms with Crippen LogP contribution in [0.25, 0.3) is 0 Å². The summed E-state index contributed by atoms with van der Waals surface area (Å²) in [5, 5.41) is 0. The van der Waals surface area contributed by atoms with E-state index >= 15 is 0 Å². The molecule has 1 fully saturated rings. The number of hydrogen-bond donors (Lipinski definition) is 0. The molecule has 1 saturated heterocycles. The van der Waals surface area contributed by atoms with E-state index in [-0.39, 0.29) is 5.91 Å². The van der Waals surface area contributed by atoms with E-state index in [0.29, 0.717) is 0 Å². The average Bonchev–Trinajstić information content (AvgIpc) is 2.63. The van der Waals surface area contributed by atoms with Crippen molar-refractivity contribution in [2.75, 3.05) is 33.7 Å². The van der Waals surface area contributed by atoms with E-state index in [1.54, 1.807) is 0 Å². The van der Waals surface area contributed by atoms with Gasteiger partial charge in [-0.05, 0) is 46.9 Å². The van der Waals surface area contributed by atoms with Crippen LogP contribution in [-0.2, 0) is 6.54 Å². The molecule has 1 aliphatic rings. The topological polar surface area (TPSA) is 28.5 Å². The smallest absolute Gasteiger partial charge is 0.255 e. The van der Waals surface area contributed by atoms with Crippen LogP contribution in [-0.4, -0.2) is 54.0 Å². The van der Waals surface area contributed by atoms with Crippen LogP contribution in [0.4, 0.5) is 0 Å². The monoisotopic (exact) mass is 291 g/mol. The zero-order chi connectivity index (χ0) is 15.4. The van der Waals surface area contributed by atoms with E-state index in [9.17, 15) is 4.79 Å². The van der Waals surface area contributed by atoms with E-state index in [0.717, 1.165) is 50.3 Å². The van der Waals surface area contributed by atoms with Gasteiger partial charge in [-0.15, -0.1) is 0 Å². The number of amides is 1. The Hall–Kier alpha value is -1.29. The molecular weight excluding hydrogens is 262 g/mol. The van der Waals surface area contributed by atoms with Gasteiger partial charge in [-0.1, -0.05) is 12.8 Å². The van der Waals surface area contributed by atoms with Gasteiger partial charge in [0.15, 0.2) is 0 Å². The van der Waals surface area contributed by atoms with Crippen molar-refractivity contribution in [1.29, 1.82) is 0 Å². The minimum Gasteiger partial charge on any atom is -0.347 e. The molecule has 0 N–H and O–H groups in total. The first kappa shape index (κ1) is 16.1. The van der Waals surface area contributed by atoms with Gasteiger partial charge in [-0.3, -0.25) is 4.79 Å². The summed E-state index contributed by atoms with van der Waals surface area (Å²) in [6.07, 6.45) is 4.80. The maximum absolute atomic E-state index is 12.8. The number of carbonyl (C=O) groups is 1. The first-order chi connectivity index (χ1) is 10.0. The van der Waals surface area contributed by atoms with Crippen molar-refractivity contribution in [3.63, 3.8) is 0 Å². The second-order valence-electron chi connectivity index (χ2n) is 6.45. The molecule has 21 heavy (non-hydrogen) atoms. The van der Waals surface area contributed by atoms with Crippen LogP contribution in [0.5, 0.6) is 0 Å². The van der Waals surface area contributed by atoms with Gasteiger partial charge in [0, 0.05) is 37.6 Å². The van der Waals surface area contributed by atoms with E-state index < -0.39 is 0 Å². The summed E-state index contributed by atoms with van der Waals surface area (Å²) in [6.45, 7) is 7.95. The Morgan fingerprint density at radius 3 is 2.33 bits per heavy atom. The number of rotatable bonds is 4. The average molecular weight is 291 g/mol. The Bertz CT molecular complexity index is 482. The highest BCUT2D eigenvalue weighted by atomic mass is 16.2. The van der Waals surface area contributed by atoms with Crippen molar-refractivity contribution >= 4 is 5.91 Å². The summed E-state index contributed by atoms with van der Waals surface area (Å²) in [7, 11) is 4.16. The van der Waals surface area contributed by atoms with Gasteiger partial charge >= 0.3 is 0 Å². The Balaban J connectivity index is 2.15. The fourth-order valence-corrected chi connectivity index (χ4v) is 3.11. The molecule has 0 spiro atoms. The Morgan fingerprint density at radius 1 is 1.14 bits per heavy atom. The highest BCUT2D eigenvalue weighted by molar-refractivity contribution is 5.95. The van der Waals surface area contributed by atoms with E-state index in [1.165, 1.54) is 18.5 Å². The summed E-state index contributed by atoms with van der Waals surface area (Å²) >= 11 is 0. The van der Waals surface area contributed by atoms with E-state index in [4.69, 9.17) is 0 Å². The summed E-state index contributed by atoms with van der Waals surface area (Å²) in [6, 6.07) is 2.07. The zero-order valence-corrected chi connectivity index (χ0v) is 14.0. The van der Waals surface area contributed by atoms with Gasteiger partial charge in [0.1, 0.15) is 0 Å². The third-order valence-corrected chi connectivity index (χ3v) is 4.47. The summed E-state index contributed by atoms with van der Waals surface area (Å²) in [5.41, 5.74) is 3.20. The van der Waals surface area contributed by atoms with Crippen LogP contribution in [0.3, 0.4) is 0 Å². The molecule has 1 aliphatic heterocycles. The number of carbonyl (C=O) groups excluding carboxylic acids is 1. The minimum atomic E-state index is 0.223. The van der Waals surface area contributed by atoms with Crippen molar-refractivity contribution in [1.82, 2.24) is 14.4 Å². The molecule has 2 heterocycles. The second-order valence-corrected chi connectivity index (χ2v) is 6.45. The third kappa shape index (κ3) is 3.88. The molecule has 0 atom stereocenters. The number of likely N-dealkylation sites (N-methyl/N-ethyl adjacent to an activating group) is 1. The first-order valence-corrected chi connectivity index (χ1v) is 8.11. The quantitative estimate of drug-likeness (QED) is 0.853. The van der Waals surface area contributed by atoms with Gasteiger partial charge in [0.2, 0.25) is 0 Å². The standard InChI is InChI=1S/C17H29N3O/c1-14-13-16(15(2)20(14)12-11-18(3)4)17(21)19-9-7-5-6-8-10-19/h13H,5-12H2,1-4H3. The largest absolute Gasteiger partial charge is 0.347 e. The molecule has 4 nitrogen and oxygen atoms in total. The molecular formula is C17H29N3O. The molecule has 0 aromatic carbocycles. The molecule has 0 radical (unpaired) electrons. The van der Waals surface area contributed by atoms with Crippen LogP contribution in [0.15, 0.2) is 6.07 Å². The SMILES string of the molecule is Cc1cc(C(=O)N2CCCCCC2)c(C)n1CCN(C)C. The molecule has 0 saturated carbocycles. The predicted molar refractivity (Wildman–Crippen MR) is 86.8 cm³/mol. The van der Waals surface area contributed by atoms with Crippen LogP contribution >= 0.6 is 0 Å². The van der Waals surface area contributed by atoms with Crippen LogP contribution < -0.4 is 0 Å². The molecule has 0 unspecified atom stereocenters. The van der Waals surface area contributed by atoms with Gasteiger partial charge < -0.3 is 14.4 Å². The van der Waals surface area contributed by atoms with Crippen LogP contribution in [0.1, 0.15) is 47.4 Å². The van der Waals surface area contributed by atoms with E-state index in [2.05, 4.69) is 43.5 Å². The number of aryl methyl sites for hydroxylation is 1. The van der Waals surface area contributed by atoms with Crippen LogP contribution in [0.2, 0.25) is 0 Å². The summed E-state index contributed by atoms with van der Waals surface area (Å²) in [5.74, 6) is 0.223. The Kier molecular flexibility index (Phi) is 5.45. The molecule has 2 rings (SSSR count). The number of hydrogen-bond acceptors (Lipinski definition) is 2. The molecule has 1 aromatic rings. The number of nitrogens with zero attached hydrogens (tertiary/aromatic N) is 3. The Morgan fingerprint density at radius 2 is 1.76 bits per heavy atom. The molecule has 1 aromatic heterocycles. The lowest BCUT2D eigenvalue weighted by molar-refractivity contribution is 0.0761. The summed E-state index contributed by atoms with van der Waals surface area (Å²) < 4.78 is 2.27. The van der Waals surface area contributed by atoms with Crippen molar-refractivity contribution < 1.29 is 4.79 Å². The lowest BCUT2D eigenvalue weighted by atomic mass is 10.2.